The van der Waals surface area contributed by atoms with Crippen LogP contribution >= 0.6 is 0 Å². The minimum atomic E-state index is -0.543. The number of aromatic nitrogens is 6. The second kappa shape index (κ2) is 8.96. The minimum absolute atomic E-state index is 0.132. The van der Waals surface area contributed by atoms with Gasteiger partial charge in [-0.15, -0.1) is 0 Å². The number of nitrogens with one attached hydrogen (secondary N) is 2. The normalized spacial score (nSPS) is 13.9. The zero-order chi connectivity index (χ0) is 24.6. The molecular formula is C24H21F2N9O. The molecule has 1 aliphatic rings. The van der Waals surface area contributed by atoms with Crippen LogP contribution in [0.2, 0.25) is 0 Å². The van der Waals surface area contributed by atoms with E-state index in [1.807, 2.05) is 4.90 Å². The summed E-state index contributed by atoms with van der Waals surface area (Å²) in [5.41, 5.74) is 1.34. The molecule has 1 saturated heterocycles. The number of benzene rings is 1. The van der Waals surface area contributed by atoms with Crippen molar-refractivity contribution in [2.75, 3.05) is 36.4 Å². The number of nitrogens with zero attached hydrogens (tertiary/aromatic N) is 7. The van der Waals surface area contributed by atoms with Crippen LogP contribution < -0.4 is 20.3 Å². The Bertz CT molecular complexity index is 1580. The summed E-state index contributed by atoms with van der Waals surface area (Å²) in [6, 6.07) is 6.58. The summed E-state index contributed by atoms with van der Waals surface area (Å²) in [4.78, 5) is 18.6. The molecule has 0 radical (unpaired) electrons. The van der Waals surface area contributed by atoms with Gasteiger partial charge < -0.3 is 20.3 Å². The Morgan fingerprint density at radius 2 is 1.86 bits per heavy atom. The van der Waals surface area contributed by atoms with Crippen LogP contribution in [0.4, 0.5) is 26.1 Å². The van der Waals surface area contributed by atoms with Crippen LogP contribution in [-0.2, 0) is 0 Å². The van der Waals surface area contributed by atoms with Crippen LogP contribution in [0.15, 0.2) is 49.3 Å². The third-order valence-electron chi connectivity index (χ3n) is 6.09. The predicted octanol–water partition coefficient (Wildman–Crippen LogP) is 3.60. The summed E-state index contributed by atoms with van der Waals surface area (Å²) in [6.45, 7) is 4.34. The van der Waals surface area contributed by atoms with Crippen molar-refractivity contribution in [3.05, 3.63) is 66.5 Å². The molecule has 0 atom stereocenters. The van der Waals surface area contributed by atoms with E-state index in [0.717, 1.165) is 13.1 Å². The van der Waals surface area contributed by atoms with Gasteiger partial charge in [0.25, 0.3) is 0 Å². The Morgan fingerprint density at radius 1 is 1.00 bits per heavy atom. The number of ether oxygens (including phenoxy) is 1. The number of rotatable bonds is 5. The first-order valence-corrected chi connectivity index (χ1v) is 11.4. The summed E-state index contributed by atoms with van der Waals surface area (Å²) in [5.74, 6) is 0.131. The SMILES string of the molecule is Cc1c(Oc2ccn3ncnc3c2)ccc(Nc2ncnc3cnc(N4CCNCC4)c(F)c23)c1F. The lowest BCUT2D eigenvalue weighted by molar-refractivity contribution is 0.471. The quantitative estimate of drug-likeness (QED) is 0.383. The fourth-order valence-electron chi connectivity index (χ4n) is 4.19. The van der Waals surface area contributed by atoms with Crippen LogP contribution in [0.25, 0.3) is 16.6 Å². The largest absolute Gasteiger partial charge is 0.457 e. The summed E-state index contributed by atoms with van der Waals surface area (Å²) < 4.78 is 38.5. The van der Waals surface area contributed by atoms with Crippen LogP contribution in [0.5, 0.6) is 11.5 Å². The fourth-order valence-corrected chi connectivity index (χ4v) is 4.19. The van der Waals surface area contributed by atoms with E-state index in [4.69, 9.17) is 4.74 Å². The molecule has 0 bridgehead atoms. The van der Waals surface area contributed by atoms with Crippen LogP contribution in [-0.4, -0.2) is 55.7 Å². The zero-order valence-electron chi connectivity index (χ0n) is 19.2. The third kappa shape index (κ3) is 3.90. The molecule has 0 unspecified atom stereocenters. The molecule has 10 nitrogen and oxygen atoms in total. The van der Waals surface area contributed by atoms with Gasteiger partial charge in [0.1, 0.15) is 30.0 Å². The Labute approximate surface area is 204 Å². The first kappa shape index (κ1) is 22.0. The number of fused-ring (bicyclic) bond motifs is 2. The summed E-state index contributed by atoms with van der Waals surface area (Å²) >= 11 is 0. The van der Waals surface area contributed by atoms with Crippen molar-refractivity contribution in [3.8, 4) is 11.5 Å². The number of hydrogen-bond acceptors (Lipinski definition) is 9. The van der Waals surface area contributed by atoms with Crippen molar-refractivity contribution in [2.24, 2.45) is 0 Å². The lowest BCUT2D eigenvalue weighted by Gasteiger charge is -2.28. The number of piperazine rings is 1. The molecule has 5 heterocycles. The van der Waals surface area contributed by atoms with Crippen molar-refractivity contribution >= 4 is 33.9 Å². The maximum absolute atomic E-state index is 15.6. The highest BCUT2D eigenvalue weighted by atomic mass is 19.1. The number of pyridine rings is 2. The average Bonchev–Trinajstić information content (AvgIpc) is 3.37. The molecule has 0 saturated carbocycles. The zero-order valence-corrected chi connectivity index (χ0v) is 19.2. The molecule has 1 fully saturated rings. The number of hydrogen-bond donors (Lipinski definition) is 2. The molecule has 0 aliphatic carbocycles. The first-order valence-electron chi connectivity index (χ1n) is 11.4. The summed E-state index contributed by atoms with van der Waals surface area (Å²) in [5, 5.41) is 10.4. The summed E-state index contributed by atoms with van der Waals surface area (Å²) in [6.07, 6.45) is 5.94. The fraction of sp³-hybridized carbons (Fsp3) is 0.208. The Kier molecular flexibility index (Phi) is 5.49. The van der Waals surface area contributed by atoms with Gasteiger partial charge in [-0.25, -0.2) is 33.2 Å². The van der Waals surface area contributed by atoms with E-state index >= 15 is 8.78 Å². The summed E-state index contributed by atoms with van der Waals surface area (Å²) in [7, 11) is 0. The van der Waals surface area contributed by atoms with Crippen LogP contribution in [0, 0.1) is 18.6 Å². The lowest BCUT2D eigenvalue weighted by atomic mass is 10.1. The molecule has 36 heavy (non-hydrogen) atoms. The predicted molar refractivity (Wildman–Crippen MR) is 130 cm³/mol. The molecule has 5 aromatic rings. The smallest absolute Gasteiger partial charge is 0.178 e. The molecule has 182 valence electrons. The Hall–Kier alpha value is -4.45. The molecule has 12 heteroatoms. The highest BCUT2D eigenvalue weighted by molar-refractivity contribution is 5.92. The van der Waals surface area contributed by atoms with Crippen molar-refractivity contribution < 1.29 is 13.5 Å². The lowest BCUT2D eigenvalue weighted by Crippen LogP contribution is -2.44. The Morgan fingerprint density at radius 3 is 2.72 bits per heavy atom. The Balaban J connectivity index is 1.32. The average molecular weight is 489 g/mol. The standard InChI is InChI=1S/C24H21F2N9O/c1-14-18(36-15-4-7-35-19(10-15)30-13-32-35)3-2-16(21(14)25)33-23-20-17(29-12-31-23)11-28-24(22(20)26)34-8-5-27-6-9-34/h2-4,7,10-13,27H,5-6,8-9H2,1H3,(H,29,31,33). The first-order chi connectivity index (χ1) is 17.6. The van der Waals surface area contributed by atoms with Gasteiger partial charge in [-0.1, -0.05) is 0 Å². The van der Waals surface area contributed by atoms with E-state index in [2.05, 4.69) is 35.7 Å². The van der Waals surface area contributed by atoms with E-state index in [0.29, 0.717) is 35.8 Å². The van der Waals surface area contributed by atoms with E-state index < -0.39 is 11.6 Å². The van der Waals surface area contributed by atoms with Gasteiger partial charge in [-0.05, 0) is 25.1 Å². The molecule has 1 aliphatic heterocycles. The van der Waals surface area contributed by atoms with Crippen LogP contribution in [0.1, 0.15) is 5.56 Å². The van der Waals surface area contributed by atoms with Crippen molar-refractivity contribution in [1.82, 2.24) is 34.9 Å². The van der Waals surface area contributed by atoms with Crippen molar-refractivity contribution in [3.63, 3.8) is 0 Å². The molecule has 1 aromatic carbocycles. The van der Waals surface area contributed by atoms with Gasteiger partial charge in [0, 0.05) is 44.0 Å². The van der Waals surface area contributed by atoms with Crippen molar-refractivity contribution in [1.29, 1.82) is 0 Å². The highest BCUT2D eigenvalue weighted by Gasteiger charge is 2.22. The number of halogens is 2. The maximum atomic E-state index is 15.6. The molecular weight excluding hydrogens is 468 g/mol. The molecule has 0 spiro atoms. The van der Waals surface area contributed by atoms with E-state index in [-0.39, 0.29) is 28.3 Å². The third-order valence-corrected chi connectivity index (χ3v) is 6.09. The number of anilines is 3. The maximum Gasteiger partial charge on any atom is 0.178 e. The second-order valence-electron chi connectivity index (χ2n) is 8.32. The van der Waals surface area contributed by atoms with Gasteiger partial charge in [-0.2, -0.15) is 5.10 Å². The van der Waals surface area contributed by atoms with E-state index in [9.17, 15) is 0 Å². The van der Waals surface area contributed by atoms with Crippen molar-refractivity contribution in [2.45, 2.75) is 6.92 Å². The van der Waals surface area contributed by atoms with Gasteiger partial charge in [0.05, 0.1) is 22.8 Å². The van der Waals surface area contributed by atoms with Crippen LogP contribution in [0.3, 0.4) is 0 Å². The monoisotopic (exact) mass is 489 g/mol. The molecule has 6 rings (SSSR count). The van der Waals surface area contributed by atoms with E-state index in [1.54, 1.807) is 35.8 Å². The second-order valence-corrected chi connectivity index (χ2v) is 8.32. The van der Waals surface area contributed by atoms with Gasteiger partial charge in [0.2, 0.25) is 0 Å². The topological polar surface area (TPSA) is 105 Å². The van der Waals surface area contributed by atoms with Gasteiger partial charge in [-0.3, -0.25) is 0 Å². The minimum Gasteiger partial charge on any atom is -0.457 e. The van der Waals surface area contributed by atoms with Gasteiger partial charge in [0.15, 0.2) is 23.1 Å². The molecule has 4 aromatic heterocycles. The van der Waals surface area contributed by atoms with Gasteiger partial charge >= 0.3 is 0 Å². The highest BCUT2D eigenvalue weighted by Crippen LogP contribution is 2.34. The molecule has 2 N–H and O–H groups in total. The van der Waals surface area contributed by atoms with E-state index in [1.165, 1.54) is 24.9 Å². The molecule has 0 amide bonds.